The first-order valence-corrected chi connectivity index (χ1v) is 26.2. The van der Waals surface area contributed by atoms with Gasteiger partial charge >= 0.3 is 6.03 Å². The van der Waals surface area contributed by atoms with E-state index in [1.807, 2.05) is 65.7 Å². The number of carbonyl (C=O) groups is 6. The van der Waals surface area contributed by atoms with E-state index in [9.17, 15) is 33.6 Å². The molecule has 3 aromatic heterocycles. The molecule has 21 heteroatoms. The molecule has 0 unspecified atom stereocenters. The van der Waals surface area contributed by atoms with Crippen molar-refractivity contribution in [2.45, 2.75) is 95.2 Å². The van der Waals surface area contributed by atoms with Gasteiger partial charge in [-0.1, -0.05) is 36.4 Å². The lowest BCUT2D eigenvalue weighted by Crippen LogP contribution is -2.61. The van der Waals surface area contributed by atoms with Crippen molar-refractivity contribution in [2.75, 3.05) is 56.2 Å². The number of carbonyl (C=O) groups excluding carboxylic acids is 6. The fourth-order valence-electron chi connectivity index (χ4n) is 11.2. The first-order chi connectivity index (χ1) is 37.0. The van der Waals surface area contributed by atoms with Crippen LogP contribution in [0.25, 0.3) is 32.9 Å². The average Bonchev–Trinajstić information content (AvgIpc) is 4.13. The molecule has 6 aromatic rings. The molecule has 0 spiro atoms. The largest absolute Gasteiger partial charge is 0.495 e. The summed E-state index contributed by atoms with van der Waals surface area (Å²) in [6, 6.07) is 20.7. The maximum absolute atomic E-state index is 14.3. The Morgan fingerprint density at radius 1 is 0.896 bits per heavy atom. The smallest absolute Gasteiger partial charge is 0.328 e. The van der Waals surface area contributed by atoms with Crippen LogP contribution < -0.4 is 41.8 Å². The van der Waals surface area contributed by atoms with Gasteiger partial charge in [0.2, 0.25) is 29.6 Å². The third-order valence-electron chi connectivity index (χ3n) is 15.3. The number of ether oxygens (including phenoxy) is 2. The minimum atomic E-state index is -1.43. The van der Waals surface area contributed by atoms with Crippen LogP contribution in [0.4, 0.5) is 16.4 Å². The molecule has 10 rings (SSSR count). The number of hydrogen-bond donors (Lipinski definition) is 5. The number of imide groups is 1. The number of aromatic nitrogens is 4. The number of aromatic amines is 1. The molecule has 4 aliphatic rings. The summed E-state index contributed by atoms with van der Waals surface area (Å²) >= 11 is 0. The number of H-pyrrole nitrogens is 1. The summed E-state index contributed by atoms with van der Waals surface area (Å²) in [5.41, 5.74) is 8.73. The number of fused-ring (bicyclic) bond motifs is 2. The van der Waals surface area contributed by atoms with Crippen molar-refractivity contribution in [1.82, 2.24) is 45.3 Å². The van der Waals surface area contributed by atoms with Gasteiger partial charge in [-0.3, -0.25) is 43.9 Å². The van der Waals surface area contributed by atoms with Crippen LogP contribution in [0.2, 0.25) is 0 Å². The number of rotatable bonds is 16. The van der Waals surface area contributed by atoms with Gasteiger partial charge in [0.25, 0.3) is 11.5 Å². The number of piperazine rings is 1. The summed E-state index contributed by atoms with van der Waals surface area (Å²) in [5, 5.41) is 9.36. The molecule has 1 aliphatic carbocycles. The van der Waals surface area contributed by atoms with Crippen LogP contribution in [-0.4, -0.2) is 142 Å². The van der Waals surface area contributed by atoms with Gasteiger partial charge in [0.15, 0.2) is 5.60 Å². The molecule has 4 atom stereocenters. The van der Waals surface area contributed by atoms with E-state index in [0.29, 0.717) is 76.8 Å². The highest BCUT2D eigenvalue weighted by atomic mass is 16.5. The molecule has 0 radical (unpaired) electrons. The number of amides is 7. The number of urea groups is 1. The summed E-state index contributed by atoms with van der Waals surface area (Å²) in [5.74, 6) is -1.49. The Morgan fingerprint density at radius 3 is 2.36 bits per heavy atom. The standard InChI is InChI=1S/C56H64N12O9/c1-32-29-68(52(73)36-12-16-46(76-5)45(26-36)66-24-20-48(71)62-55(66)75)33(2)28-67(32)38-18-22-65(23-19-38)54-61-43-15-11-35(42-30-64(4)53(74)49-40(42)17-21-58-49)25-41(43)50(63-54)56(77-39-13-14-39,37-9-7-6-8-10-37)31-59-51(72)44(27-47(57)70)60-34(3)69/h6-12,15-17,21,25-26,30,32-33,38-39,44,58H,13-14,18-20,22-24,27-29,31H2,1-5H3,(H2,57,70)(H,59,72)(H,60,69)(H,62,71,75)/t32-,33+,44-,56-/m0/s1. The van der Waals surface area contributed by atoms with Crippen LogP contribution in [0, 0.1) is 0 Å². The number of pyridine rings is 1. The molecule has 402 valence electrons. The first kappa shape index (κ1) is 52.3. The summed E-state index contributed by atoms with van der Waals surface area (Å²) in [6.45, 7) is 7.86. The molecule has 3 aromatic carbocycles. The topological polar surface area (TPSA) is 260 Å². The summed E-state index contributed by atoms with van der Waals surface area (Å²) < 4.78 is 14.3. The zero-order valence-corrected chi connectivity index (χ0v) is 43.8. The number of hydrogen-bond acceptors (Lipinski definition) is 13. The molecular formula is C56H64N12O9. The molecule has 1 saturated carbocycles. The number of anilines is 2. The number of benzene rings is 3. The van der Waals surface area contributed by atoms with E-state index in [-0.39, 0.29) is 61.1 Å². The number of primary amides is 1. The Bertz CT molecular complexity index is 3340. The number of aryl methyl sites for hydroxylation is 1. The number of methoxy groups -OCH3 is 1. The molecule has 21 nitrogen and oxygen atoms in total. The van der Waals surface area contributed by atoms with Crippen LogP contribution in [0.5, 0.6) is 5.75 Å². The third-order valence-corrected chi connectivity index (χ3v) is 15.3. The van der Waals surface area contributed by atoms with Crippen molar-refractivity contribution in [2.24, 2.45) is 12.8 Å². The molecule has 0 bridgehead atoms. The highest BCUT2D eigenvalue weighted by Gasteiger charge is 2.46. The Balaban J connectivity index is 0.965. The molecular weight excluding hydrogens is 985 g/mol. The van der Waals surface area contributed by atoms with Crippen molar-refractivity contribution in [3.05, 3.63) is 112 Å². The molecule has 4 fully saturated rings. The Labute approximate surface area is 444 Å². The van der Waals surface area contributed by atoms with Gasteiger partial charge < -0.3 is 45.2 Å². The third kappa shape index (κ3) is 10.6. The summed E-state index contributed by atoms with van der Waals surface area (Å²) in [6.07, 6.45) is 6.22. The van der Waals surface area contributed by atoms with E-state index >= 15 is 0 Å². The number of nitrogens with zero attached hydrogens (tertiary/aromatic N) is 7. The van der Waals surface area contributed by atoms with E-state index in [1.165, 1.54) is 18.9 Å². The van der Waals surface area contributed by atoms with Crippen molar-refractivity contribution in [3.8, 4) is 16.9 Å². The maximum Gasteiger partial charge on any atom is 0.328 e. The lowest BCUT2D eigenvalue weighted by Gasteiger charge is -2.49. The lowest BCUT2D eigenvalue weighted by atomic mass is 9.86. The zero-order valence-electron chi connectivity index (χ0n) is 43.8. The van der Waals surface area contributed by atoms with Crippen molar-refractivity contribution in [3.63, 3.8) is 0 Å². The van der Waals surface area contributed by atoms with Gasteiger partial charge in [-0.2, -0.15) is 0 Å². The van der Waals surface area contributed by atoms with E-state index in [0.717, 1.165) is 42.2 Å². The predicted molar refractivity (Wildman–Crippen MR) is 288 cm³/mol. The highest BCUT2D eigenvalue weighted by Crippen LogP contribution is 2.44. The van der Waals surface area contributed by atoms with Gasteiger partial charge in [0.1, 0.15) is 17.3 Å². The summed E-state index contributed by atoms with van der Waals surface area (Å²) in [7, 11) is 3.21. The van der Waals surface area contributed by atoms with E-state index in [1.54, 1.807) is 36.0 Å². The second-order valence-corrected chi connectivity index (χ2v) is 20.7. The molecule has 7 amide bonds. The normalized spacial score (nSPS) is 19.7. The SMILES string of the molecule is COc1ccc(C(=O)N2C[C@H](C)N(C3CCN(c4nc([C@@](CNC(=O)[C@H](CC(N)=O)NC(C)=O)(OC5CC5)c5ccccc5)c5cc(-c6cn(C)c(=O)c7[nH]ccc67)ccc5n4)CC3)C[C@H]2C)cc1N1CCC(=O)NC1=O. The van der Waals surface area contributed by atoms with E-state index in [4.69, 9.17) is 25.2 Å². The minimum Gasteiger partial charge on any atom is -0.495 e. The van der Waals surface area contributed by atoms with E-state index in [2.05, 4.69) is 44.6 Å². The maximum atomic E-state index is 14.3. The molecule has 3 saturated heterocycles. The van der Waals surface area contributed by atoms with Crippen LogP contribution in [0.15, 0.2) is 90.0 Å². The van der Waals surface area contributed by atoms with Gasteiger partial charge in [-0.05, 0) is 87.1 Å². The molecule has 6 heterocycles. The van der Waals surface area contributed by atoms with E-state index < -0.39 is 41.8 Å². The lowest BCUT2D eigenvalue weighted by molar-refractivity contribution is -0.131. The van der Waals surface area contributed by atoms with Gasteiger partial charge in [-0.15, -0.1) is 0 Å². The Morgan fingerprint density at radius 2 is 1.66 bits per heavy atom. The van der Waals surface area contributed by atoms with Crippen molar-refractivity contribution < 1.29 is 38.2 Å². The minimum absolute atomic E-state index is 0.0232. The molecule has 77 heavy (non-hydrogen) atoms. The fourth-order valence-corrected chi connectivity index (χ4v) is 11.2. The van der Waals surface area contributed by atoms with Crippen LogP contribution in [0.1, 0.15) is 80.9 Å². The van der Waals surface area contributed by atoms with Gasteiger partial charge in [0.05, 0.1) is 43.1 Å². The fraction of sp³-hybridized carbons (Fsp3) is 0.411. The monoisotopic (exact) mass is 1050 g/mol. The Kier molecular flexibility index (Phi) is 14.6. The average molecular weight is 1050 g/mol. The second-order valence-electron chi connectivity index (χ2n) is 20.7. The van der Waals surface area contributed by atoms with Crippen LogP contribution >= 0.6 is 0 Å². The van der Waals surface area contributed by atoms with Crippen molar-refractivity contribution >= 4 is 69.0 Å². The quantitative estimate of drug-likeness (QED) is 0.0918. The molecule has 3 aliphatic heterocycles. The van der Waals surface area contributed by atoms with Crippen LogP contribution in [-0.2, 0) is 36.6 Å². The van der Waals surface area contributed by atoms with Gasteiger partial charge in [0, 0.05) is 106 Å². The zero-order chi connectivity index (χ0) is 54.3. The number of piperidine rings is 1. The van der Waals surface area contributed by atoms with Gasteiger partial charge in [-0.25, -0.2) is 14.8 Å². The van der Waals surface area contributed by atoms with Crippen LogP contribution in [0.3, 0.4) is 0 Å². The van der Waals surface area contributed by atoms with Crippen molar-refractivity contribution in [1.29, 1.82) is 0 Å². The number of nitrogens with two attached hydrogens (primary N) is 1. The number of nitrogens with one attached hydrogen (secondary N) is 4. The summed E-state index contributed by atoms with van der Waals surface area (Å²) in [4.78, 5) is 113. The molecule has 6 N–H and O–H groups in total. The Hall–Kier alpha value is -8.17. The highest BCUT2D eigenvalue weighted by molar-refractivity contribution is 6.07. The second kappa shape index (κ2) is 21.5. The predicted octanol–water partition coefficient (Wildman–Crippen LogP) is 4.05. The first-order valence-electron chi connectivity index (χ1n) is 26.2.